The van der Waals surface area contributed by atoms with Crippen LogP contribution in [0.25, 0.3) is 10.9 Å². The van der Waals surface area contributed by atoms with Crippen molar-refractivity contribution < 1.29 is 31.1 Å². The minimum atomic E-state index is -5.08. The monoisotopic (exact) mass is 630 g/mol. The van der Waals surface area contributed by atoms with Gasteiger partial charge in [-0.05, 0) is 79.3 Å². The lowest BCUT2D eigenvalue weighted by Gasteiger charge is -2.52. The molecule has 0 spiro atoms. The second kappa shape index (κ2) is 11.2. The maximum Gasteiger partial charge on any atom is 0.416 e. The molecule has 4 aromatic rings. The summed E-state index contributed by atoms with van der Waals surface area (Å²) in [5, 5.41) is 6.30. The SMILES string of the molecule is C=C[C@H]1CN2CC[C@H]1C[C@@H]2[C@H](Nc1c(Nc2cc(C(F)(F)F)cc(C(F)(F)F)c2)c(=O)c1=O)c1ccnc2ccc(OC)cc12. The molecule has 2 bridgehead atoms. The van der Waals surface area contributed by atoms with Crippen molar-refractivity contribution in [1.29, 1.82) is 0 Å². The van der Waals surface area contributed by atoms with E-state index in [-0.39, 0.29) is 23.7 Å². The Kier molecular flexibility index (Phi) is 7.62. The molecule has 236 valence electrons. The van der Waals surface area contributed by atoms with Crippen molar-refractivity contribution >= 4 is 28.0 Å². The highest BCUT2D eigenvalue weighted by molar-refractivity contribution is 5.85. The van der Waals surface area contributed by atoms with E-state index in [0.717, 1.165) is 36.9 Å². The van der Waals surface area contributed by atoms with Crippen LogP contribution in [0.1, 0.15) is 35.6 Å². The number of anilines is 3. The van der Waals surface area contributed by atoms with E-state index in [4.69, 9.17) is 4.74 Å². The number of hydrogen-bond donors (Lipinski definition) is 2. The molecule has 3 aliphatic rings. The van der Waals surface area contributed by atoms with Gasteiger partial charge in [-0.2, -0.15) is 26.3 Å². The fourth-order valence-corrected chi connectivity index (χ4v) is 6.63. The summed E-state index contributed by atoms with van der Waals surface area (Å²) in [4.78, 5) is 32.4. The Morgan fingerprint density at radius 2 is 1.69 bits per heavy atom. The van der Waals surface area contributed by atoms with Crippen LogP contribution in [-0.4, -0.2) is 36.1 Å². The first-order valence-corrected chi connectivity index (χ1v) is 14.2. The summed E-state index contributed by atoms with van der Waals surface area (Å²) in [6.07, 6.45) is -4.94. The minimum Gasteiger partial charge on any atom is -0.497 e. The number of aromatic nitrogens is 1. The number of halogens is 6. The second-order valence-electron chi connectivity index (χ2n) is 11.5. The fourth-order valence-electron chi connectivity index (χ4n) is 6.63. The molecule has 1 unspecified atom stereocenters. The van der Waals surface area contributed by atoms with E-state index in [1.807, 2.05) is 6.08 Å². The Bertz CT molecular complexity index is 1810. The first kappa shape index (κ1) is 30.6. The van der Waals surface area contributed by atoms with Crippen LogP contribution in [-0.2, 0) is 12.4 Å². The van der Waals surface area contributed by atoms with Crippen molar-refractivity contribution in [3.8, 4) is 5.75 Å². The third kappa shape index (κ3) is 5.65. The van der Waals surface area contributed by atoms with Crippen molar-refractivity contribution in [2.45, 2.75) is 37.3 Å². The molecule has 0 radical (unpaired) electrons. The molecule has 0 aliphatic carbocycles. The Hall–Kier alpha value is -4.39. The van der Waals surface area contributed by atoms with E-state index in [1.165, 1.54) is 7.11 Å². The Labute approximate surface area is 253 Å². The molecule has 3 aliphatic heterocycles. The van der Waals surface area contributed by atoms with E-state index in [9.17, 15) is 35.9 Å². The van der Waals surface area contributed by atoms with Crippen LogP contribution in [0.2, 0.25) is 0 Å². The molecular formula is C32H28F6N4O3. The average molecular weight is 631 g/mol. The maximum atomic E-state index is 13.5. The Morgan fingerprint density at radius 1 is 1.00 bits per heavy atom. The molecule has 3 aromatic carbocycles. The molecule has 45 heavy (non-hydrogen) atoms. The number of rotatable bonds is 8. The van der Waals surface area contributed by atoms with Gasteiger partial charge < -0.3 is 15.4 Å². The van der Waals surface area contributed by atoms with Gasteiger partial charge in [-0.1, -0.05) is 6.08 Å². The molecule has 7 rings (SSSR count). The summed E-state index contributed by atoms with van der Waals surface area (Å²) < 4.78 is 86.4. The van der Waals surface area contributed by atoms with Crippen molar-refractivity contribution in [3.05, 3.63) is 98.5 Å². The van der Waals surface area contributed by atoms with Crippen LogP contribution in [0.3, 0.4) is 0 Å². The summed E-state index contributed by atoms with van der Waals surface area (Å²) in [6.45, 7) is 5.48. The number of ether oxygens (including phenoxy) is 1. The predicted octanol–water partition coefficient (Wildman–Crippen LogP) is 6.67. The first-order chi connectivity index (χ1) is 21.3. The number of nitrogens with zero attached hydrogens (tertiary/aromatic N) is 2. The molecule has 4 heterocycles. The van der Waals surface area contributed by atoms with Crippen LogP contribution >= 0.6 is 0 Å². The zero-order valence-electron chi connectivity index (χ0n) is 23.9. The van der Waals surface area contributed by atoms with Gasteiger partial charge in [0.25, 0.3) is 10.9 Å². The lowest BCUT2D eigenvalue weighted by molar-refractivity contribution is -0.143. The number of alkyl halides is 6. The molecule has 5 atom stereocenters. The van der Waals surface area contributed by atoms with Gasteiger partial charge in [0.2, 0.25) is 0 Å². The summed E-state index contributed by atoms with van der Waals surface area (Å²) in [5.41, 5.74) is -4.95. The highest BCUT2D eigenvalue weighted by Crippen LogP contribution is 2.44. The van der Waals surface area contributed by atoms with Gasteiger partial charge >= 0.3 is 12.4 Å². The molecular weight excluding hydrogens is 602 g/mol. The first-order valence-electron chi connectivity index (χ1n) is 14.2. The third-order valence-corrected chi connectivity index (χ3v) is 8.92. The van der Waals surface area contributed by atoms with E-state index in [2.05, 4.69) is 27.1 Å². The number of nitrogens with one attached hydrogen (secondary N) is 2. The van der Waals surface area contributed by atoms with E-state index >= 15 is 0 Å². The number of hydrogen-bond acceptors (Lipinski definition) is 7. The van der Waals surface area contributed by atoms with E-state index < -0.39 is 51.8 Å². The number of methoxy groups -OCH3 is 1. The fraction of sp³-hybridized carbons (Fsp3) is 0.344. The lowest BCUT2D eigenvalue weighted by Crippen LogP contribution is -2.56. The van der Waals surface area contributed by atoms with Crippen LogP contribution in [0.15, 0.2) is 70.9 Å². The maximum absolute atomic E-state index is 13.5. The van der Waals surface area contributed by atoms with Gasteiger partial charge in [0.1, 0.15) is 17.1 Å². The van der Waals surface area contributed by atoms with Crippen molar-refractivity contribution in [1.82, 2.24) is 9.88 Å². The topological polar surface area (TPSA) is 83.6 Å². The van der Waals surface area contributed by atoms with Gasteiger partial charge in [0.15, 0.2) is 0 Å². The highest BCUT2D eigenvalue weighted by Gasteiger charge is 2.44. The van der Waals surface area contributed by atoms with Crippen molar-refractivity contribution in [3.63, 3.8) is 0 Å². The van der Waals surface area contributed by atoms with Gasteiger partial charge in [-0.15, -0.1) is 6.58 Å². The molecule has 0 amide bonds. The smallest absolute Gasteiger partial charge is 0.416 e. The van der Waals surface area contributed by atoms with Crippen molar-refractivity contribution in [2.24, 2.45) is 11.8 Å². The van der Waals surface area contributed by atoms with Gasteiger partial charge in [-0.25, -0.2) is 0 Å². The molecule has 3 fully saturated rings. The normalized spacial score (nSPS) is 22.4. The summed E-state index contributed by atoms with van der Waals surface area (Å²) in [6, 6.07) is 7.29. The minimum absolute atomic E-state index is 0.00556. The van der Waals surface area contributed by atoms with Crippen LogP contribution in [0.4, 0.5) is 43.4 Å². The summed E-state index contributed by atoms with van der Waals surface area (Å²) in [7, 11) is 1.52. The van der Waals surface area contributed by atoms with Crippen LogP contribution in [0.5, 0.6) is 5.75 Å². The number of fused-ring (bicyclic) bond motifs is 4. The Morgan fingerprint density at radius 3 is 2.29 bits per heavy atom. The zero-order chi connectivity index (χ0) is 32.3. The second-order valence-corrected chi connectivity index (χ2v) is 11.5. The molecule has 2 N–H and O–H groups in total. The zero-order valence-corrected chi connectivity index (χ0v) is 23.9. The van der Waals surface area contributed by atoms with Gasteiger partial charge in [0.05, 0.1) is 29.8 Å². The van der Waals surface area contributed by atoms with Gasteiger partial charge in [0, 0.05) is 29.9 Å². The third-order valence-electron chi connectivity index (χ3n) is 8.92. The average Bonchev–Trinajstić information content (AvgIpc) is 3.03. The number of benzene rings is 2. The quantitative estimate of drug-likeness (QED) is 0.128. The number of pyridine rings is 1. The van der Waals surface area contributed by atoms with Crippen molar-refractivity contribution in [2.75, 3.05) is 30.8 Å². The lowest BCUT2D eigenvalue weighted by atomic mass is 9.73. The van der Waals surface area contributed by atoms with Crippen LogP contribution in [0, 0.1) is 11.8 Å². The predicted molar refractivity (Wildman–Crippen MR) is 158 cm³/mol. The van der Waals surface area contributed by atoms with E-state index in [1.54, 1.807) is 30.5 Å². The molecule has 7 nitrogen and oxygen atoms in total. The standard InChI is InChI=1S/C32H28F6N4O3/c1-3-16-15-42-9-7-17(16)10-25(42)26(22-6-8-39-24-5-4-21(45-2)14-23(22)24)41-28-27(29(43)30(28)44)40-20-12-18(31(33,34)35)11-19(13-20)32(36,37)38/h3-6,8,11-14,16-17,25-26,40-41H,1,7,9-10,15H2,2H3/t16-,17-,25+,26+/m0/s1. The number of piperidine rings is 3. The molecule has 13 heteroatoms. The molecule has 0 saturated carbocycles. The summed E-state index contributed by atoms with van der Waals surface area (Å²) >= 11 is 0. The van der Waals surface area contributed by atoms with E-state index in [0.29, 0.717) is 29.3 Å². The van der Waals surface area contributed by atoms with Gasteiger partial charge in [-0.3, -0.25) is 19.5 Å². The largest absolute Gasteiger partial charge is 0.497 e. The highest BCUT2D eigenvalue weighted by atomic mass is 19.4. The Balaban J connectivity index is 1.43. The molecule has 3 saturated heterocycles. The van der Waals surface area contributed by atoms with Crippen LogP contribution < -0.4 is 26.2 Å². The molecule has 1 aromatic heterocycles. The summed E-state index contributed by atoms with van der Waals surface area (Å²) in [5.74, 6) is 1.16.